The highest BCUT2D eigenvalue weighted by Crippen LogP contribution is 2.32. The average Bonchev–Trinajstić information content (AvgIpc) is 3.20. The summed E-state index contributed by atoms with van der Waals surface area (Å²) in [5.41, 5.74) is 0.874. The highest BCUT2D eigenvalue weighted by atomic mass is 32.2. The van der Waals surface area contributed by atoms with Crippen LogP contribution >= 0.6 is 0 Å². The van der Waals surface area contributed by atoms with Gasteiger partial charge >= 0.3 is 0 Å². The Labute approximate surface area is 142 Å². The van der Waals surface area contributed by atoms with E-state index in [0.29, 0.717) is 18.0 Å². The third-order valence-corrected chi connectivity index (χ3v) is 5.66. The molecule has 24 heavy (non-hydrogen) atoms. The monoisotopic (exact) mass is 354 g/mol. The van der Waals surface area contributed by atoms with Gasteiger partial charge in [-0.1, -0.05) is 18.9 Å². The molecule has 1 fully saturated rings. The first-order valence-corrected chi connectivity index (χ1v) is 9.90. The van der Waals surface area contributed by atoms with Gasteiger partial charge in [0.15, 0.2) is 11.5 Å². The van der Waals surface area contributed by atoms with Crippen molar-refractivity contribution < 1.29 is 22.7 Å². The molecule has 1 amide bonds. The second kappa shape index (κ2) is 6.98. The number of hydrogen-bond acceptors (Lipinski definition) is 5. The Morgan fingerprint density at radius 3 is 2.67 bits per heavy atom. The van der Waals surface area contributed by atoms with E-state index in [1.54, 1.807) is 6.07 Å². The molecule has 8 heteroatoms. The van der Waals surface area contributed by atoms with Gasteiger partial charge in [-0.05, 0) is 30.5 Å². The molecule has 1 aliphatic heterocycles. The zero-order valence-corrected chi connectivity index (χ0v) is 14.5. The second-order valence-electron chi connectivity index (χ2n) is 6.21. The number of ether oxygens (including phenoxy) is 2. The molecule has 7 nitrogen and oxygen atoms in total. The molecule has 3 rings (SSSR count). The van der Waals surface area contributed by atoms with Crippen LogP contribution in [-0.4, -0.2) is 44.3 Å². The first-order chi connectivity index (χ1) is 11.4. The van der Waals surface area contributed by atoms with Crippen molar-refractivity contribution in [3.63, 3.8) is 0 Å². The molecule has 1 aliphatic carbocycles. The number of rotatable bonds is 6. The molecule has 1 aromatic rings. The fraction of sp³-hybridized carbons (Fsp3) is 0.562. The van der Waals surface area contributed by atoms with Crippen molar-refractivity contribution in [1.82, 2.24) is 9.62 Å². The summed E-state index contributed by atoms with van der Waals surface area (Å²) in [6.45, 7) is 0.391. The molecule has 0 radical (unpaired) electrons. The van der Waals surface area contributed by atoms with E-state index in [2.05, 4.69) is 5.32 Å². The molecule has 0 unspecified atom stereocenters. The summed E-state index contributed by atoms with van der Waals surface area (Å²) in [5.74, 6) is 1.05. The number of hydrogen-bond donors (Lipinski definition) is 1. The fourth-order valence-corrected chi connectivity index (χ4v) is 4.26. The highest BCUT2D eigenvalue weighted by Gasteiger charge is 2.30. The van der Waals surface area contributed by atoms with E-state index in [1.807, 2.05) is 12.1 Å². The first-order valence-electron chi connectivity index (χ1n) is 8.05. The van der Waals surface area contributed by atoms with E-state index in [1.165, 1.54) is 4.31 Å². The van der Waals surface area contributed by atoms with Gasteiger partial charge < -0.3 is 14.8 Å². The number of amides is 1. The molecule has 2 aliphatic rings. The van der Waals surface area contributed by atoms with Crippen LogP contribution in [0.3, 0.4) is 0 Å². The van der Waals surface area contributed by atoms with Crippen molar-refractivity contribution in [3.8, 4) is 11.5 Å². The van der Waals surface area contributed by atoms with Crippen molar-refractivity contribution >= 4 is 15.9 Å². The number of nitrogens with one attached hydrogen (secondary N) is 1. The Hall–Kier alpha value is -1.80. The molecule has 0 atom stereocenters. The van der Waals surface area contributed by atoms with Gasteiger partial charge in [0, 0.05) is 12.6 Å². The zero-order chi connectivity index (χ0) is 17.2. The van der Waals surface area contributed by atoms with Gasteiger partial charge in [-0.2, -0.15) is 4.31 Å². The van der Waals surface area contributed by atoms with Crippen LogP contribution in [0, 0.1) is 0 Å². The molecular weight excluding hydrogens is 332 g/mol. The predicted molar refractivity (Wildman–Crippen MR) is 88.2 cm³/mol. The van der Waals surface area contributed by atoms with E-state index in [4.69, 9.17) is 9.47 Å². The lowest BCUT2D eigenvalue weighted by Crippen LogP contribution is -2.44. The quantitative estimate of drug-likeness (QED) is 0.831. The second-order valence-corrected chi connectivity index (χ2v) is 8.15. The Morgan fingerprint density at radius 2 is 1.96 bits per heavy atom. The number of sulfonamides is 1. The van der Waals surface area contributed by atoms with Gasteiger partial charge in [0.2, 0.25) is 22.7 Å². The standard InChI is InChI=1S/C16H22N2O5S/c1-24(20,21)18(13-4-2-3-5-13)10-16(19)17-9-12-6-7-14-15(8-12)23-11-22-14/h6-8,13H,2-5,9-11H2,1H3,(H,17,19). The van der Waals surface area contributed by atoms with E-state index < -0.39 is 10.0 Å². The number of carbonyl (C=O) groups excluding carboxylic acids is 1. The van der Waals surface area contributed by atoms with Crippen molar-refractivity contribution in [1.29, 1.82) is 0 Å². The van der Waals surface area contributed by atoms with Gasteiger partial charge in [-0.3, -0.25) is 4.79 Å². The smallest absolute Gasteiger partial charge is 0.235 e. The average molecular weight is 354 g/mol. The van der Waals surface area contributed by atoms with Crippen LogP contribution in [0.1, 0.15) is 31.2 Å². The third kappa shape index (κ3) is 3.99. The van der Waals surface area contributed by atoms with Crippen molar-refractivity contribution in [2.45, 2.75) is 38.3 Å². The van der Waals surface area contributed by atoms with Crippen LogP contribution in [0.5, 0.6) is 11.5 Å². The van der Waals surface area contributed by atoms with E-state index in [9.17, 15) is 13.2 Å². The topological polar surface area (TPSA) is 84.9 Å². The lowest BCUT2D eigenvalue weighted by molar-refractivity contribution is -0.121. The Kier molecular flexibility index (Phi) is 4.96. The van der Waals surface area contributed by atoms with Gasteiger partial charge in [0.05, 0.1) is 12.8 Å². The van der Waals surface area contributed by atoms with Crippen LogP contribution in [0.4, 0.5) is 0 Å². The Bertz CT molecular complexity index is 713. The van der Waals surface area contributed by atoms with Gasteiger partial charge in [-0.25, -0.2) is 8.42 Å². The van der Waals surface area contributed by atoms with Crippen molar-refractivity contribution in [2.75, 3.05) is 19.6 Å². The normalized spacial score (nSPS) is 17.4. The number of carbonyl (C=O) groups is 1. The van der Waals surface area contributed by atoms with E-state index in [0.717, 1.165) is 37.5 Å². The summed E-state index contributed by atoms with van der Waals surface area (Å²) in [4.78, 5) is 12.2. The molecule has 0 saturated heterocycles. The maximum Gasteiger partial charge on any atom is 0.235 e. The minimum atomic E-state index is -3.40. The summed E-state index contributed by atoms with van der Waals surface area (Å²) < 4.78 is 35.8. The van der Waals surface area contributed by atoms with Gasteiger partial charge in [0.25, 0.3) is 0 Å². The highest BCUT2D eigenvalue weighted by molar-refractivity contribution is 7.88. The Balaban J connectivity index is 1.58. The third-order valence-electron chi connectivity index (χ3n) is 4.38. The molecule has 1 N–H and O–H groups in total. The molecule has 0 spiro atoms. The van der Waals surface area contributed by atoms with Gasteiger partial charge in [-0.15, -0.1) is 0 Å². The molecule has 132 valence electrons. The molecule has 0 aromatic heterocycles. The minimum absolute atomic E-state index is 0.0590. The largest absolute Gasteiger partial charge is 0.454 e. The summed E-state index contributed by atoms with van der Waals surface area (Å²) >= 11 is 0. The predicted octanol–water partition coefficient (Wildman–Crippen LogP) is 1.24. The SMILES string of the molecule is CS(=O)(=O)N(CC(=O)NCc1ccc2c(c1)OCO2)C1CCCC1. The van der Waals surface area contributed by atoms with Crippen LogP contribution in [0.2, 0.25) is 0 Å². The molecule has 1 aromatic carbocycles. The first kappa shape index (κ1) is 17.0. The Morgan fingerprint density at radius 1 is 1.25 bits per heavy atom. The van der Waals surface area contributed by atoms with Crippen molar-refractivity contribution in [2.24, 2.45) is 0 Å². The summed E-state index contributed by atoms with van der Waals surface area (Å²) in [6.07, 6.45) is 4.83. The summed E-state index contributed by atoms with van der Waals surface area (Å²) in [6, 6.07) is 5.40. The number of nitrogens with zero attached hydrogens (tertiary/aromatic N) is 1. The summed E-state index contributed by atoms with van der Waals surface area (Å²) in [5, 5.41) is 2.77. The van der Waals surface area contributed by atoms with Crippen LogP contribution in [0.15, 0.2) is 18.2 Å². The lowest BCUT2D eigenvalue weighted by Gasteiger charge is -2.25. The summed E-state index contributed by atoms with van der Waals surface area (Å²) in [7, 11) is -3.40. The van der Waals surface area contributed by atoms with E-state index in [-0.39, 0.29) is 25.3 Å². The van der Waals surface area contributed by atoms with Gasteiger partial charge in [0.1, 0.15) is 0 Å². The molecule has 1 saturated carbocycles. The van der Waals surface area contributed by atoms with Crippen LogP contribution in [-0.2, 0) is 21.4 Å². The molecule has 0 bridgehead atoms. The fourth-order valence-electron chi connectivity index (χ4n) is 3.16. The number of fused-ring (bicyclic) bond motifs is 1. The minimum Gasteiger partial charge on any atom is -0.454 e. The van der Waals surface area contributed by atoms with E-state index >= 15 is 0 Å². The van der Waals surface area contributed by atoms with Crippen LogP contribution in [0.25, 0.3) is 0 Å². The van der Waals surface area contributed by atoms with Crippen LogP contribution < -0.4 is 14.8 Å². The maximum absolute atomic E-state index is 12.2. The van der Waals surface area contributed by atoms with Crippen molar-refractivity contribution in [3.05, 3.63) is 23.8 Å². The molecular formula is C16H22N2O5S. The maximum atomic E-state index is 12.2. The molecule has 1 heterocycles. The lowest BCUT2D eigenvalue weighted by atomic mass is 10.2. The number of benzene rings is 1. The zero-order valence-electron chi connectivity index (χ0n) is 13.7.